The van der Waals surface area contributed by atoms with Crippen molar-refractivity contribution in [3.63, 3.8) is 0 Å². The van der Waals surface area contributed by atoms with Crippen LogP contribution < -0.4 is 0 Å². The molecule has 1 aromatic rings. The third kappa shape index (κ3) is 3.56. The van der Waals surface area contributed by atoms with E-state index in [4.69, 9.17) is 11.6 Å². The van der Waals surface area contributed by atoms with Gasteiger partial charge in [0.25, 0.3) is 0 Å². The zero-order valence-electron chi connectivity index (χ0n) is 9.72. The first kappa shape index (κ1) is 13.1. The molecule has 0 N–H and O–H groups in total. The van der Waals surface area contributed by atoms with Crippen molar-refractivity contribution >= 4 is 33.3 Å². The predicted octanol–water partition coefficient (Wildman–Crippen LogP) is 4.79. The molecule has 0 aliphatic heterocycles. The molecule has 2 rings (SSSR count). The Bertz CT molecular complexity index is 411. The third-order valence-corrected chi connectivity index (χ3v) is 4.29. The molecule has 0 unspecified atom stereocenters. The minimum atomic E-state index is 0.267. The van der Waals surface area contributed by atoms with Gasteiger partial charge >= 0.3 is 0 Å². The van der Waals surface area contributed by atoms with Gasteiger partial charge < -0.3 is 0 Å². The second-order valence-corrected chi connectivity index (χ2v) is 6.04. The van der Waals surface area contributed by atoms with E-state index in [2.05, 4.69) is 15.9 Å². The van der Waals surface area contributed by atoms with E-state index >= 15 is 0 Å². The van der Waals surface area contributed by atoms with Gasteiger partial charge in [0.2, 0.25) is 0 Å². The molecular weight excluding hydrogens is 300 g/mol. The Morgan fingerprint density at radius 1 is 1.29 bits per heavy atom. The van der Waals surface area contributed by atoms with Crippen molar-refractivity contribution in [1.82, 2.24) is 0 Å². The predicted molar refractivity (Wildman–Crippen MR) is 74.4 cm³/mol. The molecule has 0 atom stereocenters. The van der Waals surface area contributed by atoms with Crippen molar-refractivity contribution < 1.29 is 4.79 Å². The van der Waals surface area contributed by atoms with E-state index in [1.807, 2.05) is 18.2 Å². The summed E-state index contributed by atoms with van der Waals surface area (Å²) in [5.41, 5.74) is 0.949. The SMILES string of the molecule is O=C(Cc1ccc(Br)cc1Cl)C1CCCCC1. The Hall–Kier alpha value is -0.340. The molecular formula is C14H16BrClO. The second-order valence-electron chi connectivity index (χ2n) is 4.71. The molecule has 0 saturated heterocycles. The van der Waals surface area contributed by atoms with E-state index in [0.717, 1.165) is 22.9 Å². The Balaban J connectivity index is 2.02. The molecule has 1 fully saturated rings. The quantitative estimate of drug-likeness (QED) is 0.783. The summed E-state index contributed by atoms with van der Waals surface area (Å²) in [6, 6.07) is 5.73. The monoisotopic (exact) mass is 314 g/mol. The van der Waals surface area contributed by atoms with E-state index in [-0.39, 0.29) is 5.92 Å². The fourth-order valence-electron chi connectivity index (χ4n) is 2.42. The molecule has 0 radical (unpaired) electrons. The maximum Gasteiger partial charge on any atom is 0.140 e. The summed E-state index contributed by atoms with van der Waals surface area (Å²) >= 11 is 9.50. The van der Waals surface area contributed by atoms with Crippen LogP contribution in [0.25, 0.3) is 0 Å². The highest BCUT2D eigenvalue weighted by Gasteiger charge is 2.21. The van der Waals surface area contributed by atoms with Gasteiger partial charge in [0.15, 0.2) is 0 Å². The van der Waals surface area contributed by atoms with Crippen LogP contribution in [0.5, 0.6) is 0 Å². The standard InChI is InChI=1S/C14H16BrClO/c15-12-7-6-11(13(16)9-12)8-14(17)10-4-2-1-3-5-10/h6-7,9-10H,1-5,8H2. The van der Waals surface area contributed by atoms with Crippen molar-refractivity contribution in [1.29, 1.82) is 0 Å². The first-order valence-electron chi connectivity index (χ1n) is 6.13. The highest BCUT2D eigenvalue weighted by Crippen LogP contribution is 2.27. The smallest absolute Gasteiger partial charge is 0.140 e. The molecule has 3 heteroatoms. The van der Waals surface area contributed by atoms with Gasteiger partial charge in [0.1, 0.15) is 5.78 Å². The zero-order valence-corrected chi connectivity index (χ0v) is 12.1. The highest BCUT2D eigenvalue weighted by atomic mass is 79.9. The molecule has 0 heterocycles. The number of ketones is 1. The number of carbonyl (C=O) groups excluding carboxylic acids is 1. The largest absolute Gasteiger partial charge is 0.299 e. The zero-order chi connectivity index (χ0) is 12.3. The average molecular weight is 316 g/mol. The maximum absolute atomic E-state index is 12.1. The first-order chi connectivity index (χ1) is 8.16. The minimum absolute atomic E-state index is 0.267. The molecule has 1 nitrogen and oxygen atoms in total. The molecule has 92 valence electrons. The van der Waals surface area contributed by atoms with Crippen LogP contribution in [-0.4, -0.2) is 5.78 Å². The maximum atomic E-state index is 12.1. The van der Waals surface area contributed by atoms with Gasteiger partial charge in [0.05, 0.1) is 0 Å². The Kier molecular flexibility index (Phi) is 4.63. The normalized spacial score (nSPS) is 17.1. The second kappa shape index (κ2) is 6.01. The topological polar surface area (TPSA) is 17.1 Å². The fourth-order valence-corrected chi connectivity index (χ4v) is 3.16. The summed E-state index contributed by atoms with van der Waals surface area (Å²) in [4.78, 5) is 12.1. The van der Waals surface area contributed by atoms with Crippen LogP contribution in [0.1, 0.15) is 37.7 Å². The molecule has 1 aromatic carbocycles. The van der Waals surface area contributed by atoms with Crippen LogP contribution in [-0.2, 0) is 11.2 Å². The van der Waals surface area contributed by atoms with Crippen LogP contribution in [0.15, 0.2) is 22.7 Å². The van der Waals surface area contributed by atoms with Gasteiger partial charge in [-0.25, -0.2) is 0 Å². The minimum Gasteiger partial charge on any atom is -0.299 e. The summed E-state index contributed by atoms with van der Waals surface area (Å²) in [5, 5.41) is 0.684. The van der Waals surface area contributed by atoms with E-state index in [1.54, 1.807) is 0 Å². The number of hydrogen-bond donors (Lipinski definition) is 0. The first-order valence-corrected chi connectivity index (χ1v) is 7.30. The van der Waals surface area contributed by atoms with Crippen LogP contribution in [0.3, 0.4) is 0 Å². The summed E-state index contributed by atoms with van der Waals surface area (Å²) in [5.74, 6) is 0.623. The van der Waals surface area contributed by atoms with Crippen LogP contribution in [0.4, 0.5) is 0 Å². The Morgan fingerprint density at radius 2 is 2.00 bits per heavy atom. The summed E-state index contributed by atoms with van der Waals surface area (Å²) in [6.45, 7) is 0. The Labute approximate surface area is 116 Å². The fraction of sp³-hybridized carbons (Fsp3) is 0.500. The van der Waals surface area contributed by atoms with E-state index < -0.39 is 0 Å². The van der Waals surface area contributed by atoms with Gasteiger partial charge in [-0.15, -0.1) is 0 Å². The molecule has 1 aliphatic carbocycles. The van der Waals surface area contributed by atoms with Gasteiger partial charge in [-0.2, -0.15) is 0 Å². The molecule has 17 heavy (non-hydrogen) atoms. The van der Waals surface area contributed by atoms with E-state index in [9.17, 15) is 4.79 Å². The molecule has 0 bridgehead atoms. The summed E-state index contributed by atoms with van der Waals surface area (Å²) in [7, 11) is 0. The lowest BCUT2D eigenvalue weighted by Crippen LogP contribution is -2.19. The van der Waals surface area contributed by atoms with Gasteiger partial charge in [-0.3, -0.25) is 4.79 Å². The third-order valence-electron chi connectivity index (χ3n) is 3.44. The molecule has 0 aromatic heterocycles. The number of Topliss-reactive ketones (excluding diaryl/α,β-unsaturated/α-hetero) is 1. The number of benzene rings is 1. The number of halogens is 2. The number of hydrogen-bond acceptors (Lipinski definition) is 1. The molecule has 1 saturated carbocycles. The van der Waals surface area contributed by atoms with Crippen molar-refractivity contribution in [2.24, 2.45) is 5.92 Å². The highest BCUT2D eigenvalue weighted by molar-refractivity contribution is 9.10. The molecule has 0 amide bonds. The summed E-state index contributed by atoms with van der Waals surface area (Å²) < 4.78 is 0.955. The van der Waals surface area contributed by atoms with Crippen LogP contribution in [0, 0.1) is 5.92 Å². The lowest BCUT2D eigenvalue weighted by Gasteiger charge is -2.20. The van der Waals surface area contributed by atoms with E-state index in [0.29, 0.717) is 17.2 Å². The van der Waals surface area contributed by atoms with Crippen LogP contribution >= 0.6 is 27.5 Å². The van der Waals surface area contributed by atoms with Gasteiger partial charge in [-0.1, -0.05) is 52.9 Å². The van der Waals surface area contributed by atoms with E-state index in [1.165, 1.54) is 19.3 Å². The average Bonchev–Trinajstić information content (AvgIpc) is 2.34. The molecule has 0 spiro atoms. The van der Waals surface area contributed by atoms with Gasteiger partial charge in [0, 0.05) is 21.8 Å². The van der Waals surface area contributed by atoms with Crippen molar-refractivity contribution in [2.45, 2.75) is 38.5 Å². The lowest BCUT2D eigenvalue weighted by atomic mass is 9.84. The van der Waals surface area contributed by atoms with Crippen molar-refractivity contribution in [3.05, 3.63) is 33.3 Å². The lowest BCUT2D eigenvalue weighted by molar-refractivity contribution is -0.123. The van der Waals surface area contributed by atoms with Gasteiger partial charge in [-0.05, 0) is 30.5 Å². The van der Waals surface area contributed by atoms with Crippen molar-refractivity contribution in [3.8, 4) is 0 Å². The Morgan fingerprint density at radius 3 is 2.65 bits per heavy atom. The molecule has 1 aliphatic rings. The van der Waals surface area contributed by atoms with Crippen LogP contribution in [0.2, 0.25) is 5.02 Å². The summed E-state index contributed by atoms with van der Waals surface area (Å²) in [6.07, 6.45) is 6.29. The van der Waals surface area contributed by atoms with Crippen molar-refractivity contribution in [2.75, 3.05) is 0 Å². The number of rotatable bonds is 3. The number of carbonyl (C=O) groups is 1.